The SMILES string of the molecule is CCNC(=NCc1sc(C)nc1C)N1CCC(Oc2ccccc2)CC1. The molecule has 2 heterocycles. The van der Waals surface area contributed by atoms with Gasteiger partial charge >= 0.3 is 0 Å². The zero-order chi connectivity index (χ0) is 18.4. The summed E-state index contributed by atoms with van der Waals surface area (Å²) in [6.07, 6.45) is 2.30. The number of aliphatic imine (C=N–C) groups is 1. The molecule has 1 saturated heterocycles. The second kappa shape index (κ2) is 9.03. The molecule has 5 nitrogen and oxygen atoms in total. The maximum atomic E-state index is 6.10. The Bertz CT molecular complexity index is 721. The van der Waals surface area contributed by atoms with Gasteiger partial charge in [-0.25, -0.2) is 9.98 Å². The topological polar surface area (TPSA) is 49.8 Å². The highest BCUT2D eigenvalue weighted by molar-refractivity contribution is 7.11. The van der Waals surface area contributed by atoms with Crippen molar-refractivity contribution in [1.82, 2.24) is 15.2 Å². The number of thiazole rings is 1. The van der Waals surface area contributed by atoms with Crippen molar-refractivity contribution in [2.24, 2.45) is 4.99 Å². The van der Waals surface area contributed by atoms with Crippen LogP contribution in [0.5, 0.6) is 5.75 Å². The van der Waals surface area contributed by atoms with Gasteiger partial charge in [0, 0.05) is 37.4 Å². The molecule has 1 aliphatic heterocycles. The predicted molar refractivity (Wildman–Crippen MR) is 108 cm³/mol. The number of nitrogens with one attached hydrogen (secondary N) is 1. The van der Waals surface area contributed by atoms with Gasteiger partial charge in [-0.15, -0.1) is 11.3 Å². The molecule has 3 rings (SSSR count). The molecule has 0 bridgehead atoms. The van der Waals surface area contributed by atoms with Gasteiger partial charge in [0.05, 0.1) is 17.2 Å². The van der Waals surface area contributed by atoms with Gasteiger partial charge in [0.15, 0.2) is 5.96 Å². The number of nitrogens with zero attached hydrogens (tertiary/aromatic N) is 3. The molecular weight excluding hydrogens is 344 g/mol. The third-order valence-corrected chi connectivity index (χ3v) is 5.55. The first kappa shape index (κ1) is 18.7. The number of para-hydroxylation sites is 1. The largest absolute Gasteiger partial charge is 0.490 e. The van der Waals surface area contributed by atoms with Crippen LogP contribution in [-0.4, -0.2) is 41.6 Å². The van der Waals surface area contributed by atoms with Gasteiger partial charge in [-0.05, 0) is 32.9 Å². The molecule has 1 fully saturated rings. The summed E-state index contributed by atoms with van der Waals surface area (Å²) >= 11 is 1.74. The summed E-state index contributed by atoms with van der Waals surface area (Å²) in [7, 11) is 0. The Morgan fingerprint density at radius 3 is 2.62 bits per heavy atom. The van der Waals surface area contributed by atoms with Gasteiger partial charge in [0.25, 0.3) is 0 Å². The van der Waals surface area contributed by atoms with E-state index in [2.05, 4.69) is 29.0 Å². The van der Waals surface area contributed by atoms with Gasteiger partial charge in [-0.2, -0.15) is 0 Å². The molecule has 2 aromatic rings. The monoisotopic (exact) mass is 372 g/mol. The third-order valence-electron chi connectivity index (χ3n) is 4.49. The van der Waals surface area contributed by atoms with E-state index in [0.717, 1.165) is 54.9 Å². The lowest BCUT2D eigenvalue weighted by Gasteiger charge is -2.34. The zero-order valence-electron chi connectivity index (χ0n) is 15.9. The number of hydrogen-bond donors (Lipinski definition) is 1. The normalized spacial score (nSPS) is 16.0. The van der Waals surface area contributed by atoms with Gasteiger partial charge in [-0.3, -0.25) is 0 Å². The molecule has 0 saturated carbocycles. The minimum atomic E-state index is 0.280. The number of guanidine groups is 1. The lowest BCUT2D eigenvalue weighted by molar-refractivity contribution is 0.129. The lowest BCUT2D eigenvalue weighted by Crippen LogP contribution is -2.47. The summed E-state index contributed by atoms with van der Waals surface area (Å²) in [6.45, 7) is 9.72. The summed E-state index contributed by atoms with van der Waals surface area (Å²) < 4.78 is 6.10. The Hall–Kier alpha value is -2.08. The first-order valence-electron chi connectivity index (χ1n) is 9.33. The van der Waals surface area contributed by atoms with E-state index in [1.54, 1.807) is 11.3 Å². The van der Waals surface area contributed by atoms with E-state index in [1.807, 2.05) is 37.3 Å². The molecule has 1 aromatic carbocycles. The summed E-state index contributed by atoms with van der Waals surface area (Å²) in [5.41, 5.74) is 1.10. The van der Waals surface area contributed by atoms with E-state index in [4.69, 9.17) is 9.73 Å². The quantitative estimate of drug-likeness (QED) is 0.641. The van der Waals surface area contributed by atoms with Gasteiger partial charge < -0.3 is 15.0 Å². The highest BCUT2D eigenvalue weighted by Gasteiger charge is 2.22. The second-order valence-electron chi connectivity index (χ2n) is 6.53. The summed E-state index contributed by atoms with van der Waals surface area (Å²) in [5.74, 6) is 1.96. The number of likely N-dealkylation sites (tertiary alicyclic amines) is 1. The second-order valence-corrected chi connectivity index (χ2v) is 7.82. The number of hydrogen-bond acceptors (Lipinski definition) is 4. The predicted octanol–water partition coefficient (Wildman–Crippen LogP) is 3.77. The molecule has 0 radical (unpaired) electrons. The Balaban J connectivity index is 1.57. The summed E-state index contributed by atoms with van der Waals surface area (Å²) in [4.78, 5) is 12.9. The Kier molecular flexibility index (Phi) is 6.50. The number of aryl methyl sites for hydroxylation is 2. The van der Waals surface area contributed by atoms with Gasteiger partial charge in [0.2, 0.25) is 0 Å². The Labute approximate surface area is 160 Å². The van der Waals surface area contributed by atoms with Crippen LogP contribution in [0.3, 0.4) is 0 Å². The van der Waals surface area contributed by atoms with E-state index >= 15 is 0 Å². The summed E-state index contributed by atoms with van der Waals surface area (Å²) in [6, 6.07) is 10.1. The van der Waals surface area contributed by atoms with Crippen molar-refractivity contribution in [3.05, 3.63) is 45.9 Å². The standard InChI is InChI=1S/C20H28N4OS/c1-4-21-20(22-14-19-15(2)23-16(3)26-19)24-12-10-18(11-13-24)25-17-8-6-5-7-9-17/h5-9,18H,4,10-14H2,1-3H3,(H,21,22). The van der Waals surface area contributed by atoms with Crippen LogP contribution in [0, 0.1) is 13.8 Å². The molecule has 1 aromatic heterocycles. The molecule has 1 aliphatic rings. The molecule has 0 unspecified atom stereocenters. The minimum absolute atomic E-state index is 0.280. The fourth-order valence-corrected chi connectivity index (χ4v) is 4.03. The third kappa shape index (κ3) is 4.97. The molecule has 0 spiro atoms. The van der Waals surface area contributed by atoms with E-state index in [-0.39, 0.29) is 6.10 Å². The molecule has 0 aliphatic carbocycles. The molecule has 0 amide bonds. The molecular formula is C20H28N4OS. The first-order chi connectivity index (χ1) is 12.7. The average molecular weight is 373 g/mol. The number of aromatic nitrogens is 1. The van der Waals surface area contributed by atoms with Crippen LogP contribution in [0.1, 0.15) is 35.3 Å². The van der Waals surface area contributed by atoms with Crippen LogP contribution >= 0.6 is 11.3 Å². The van der Waals surface area contributed by atoms with E-state index in [9.17, 15) is 0 Å². The molecule has 140 valence electrons. The van der Waals surface area contributed by atoms with Crippen LogP contribution in [0.25, 0.3) is 0 Å². The number of benzene rings is 1. The molecule has 26 heavy (non-hydrogen) atoms. The fourth-order valence-electron chi connectivity index (χ4n) is 3.17. The number of ether oxygens (including phenoxy) is 1. The van der Waals surface area contributed by atoms with Crippen molar-refractivity contribution in [3.8, 4) is 5.75 Å². The average Bonchev–Trinajstić information content (AvgIpc) is 2.97. The summed E-state index contributed by atoms with van der Waals surface area (Å²) in [5, 5.41) is 4.54. The van der Waals surface area contributed by atoms with Gasteiger partial charge in [-0.1, -0.05) is 18.2 Å². The highest BCUT2D eigenvalue weighted by atomic mass is 32.1. The Morgan fingerprint density at radius 2 is 2.00 bits per heavy atom. The smallest absolute Gasteiger partial charge is 0.194 e. The van der Waals surface area contributed by atoms with Crippen molar-refractivity contribution in [3.63, 3.8) is 0 Å². The van der Waals surface area contributed by atoms with Crippen molar-refractivity contribution >= 4 is 17.3 Å². The van der Waals surface area contributed by atoms with E-state index in [0.29, 0.717) is 6.54 Å². The van der Waals surface area contributed by atoms with E-state index < -0.39 is 0 Å². The van der Waals surface area contributed by atoms with Crippen LogP contribution in [-0.2, 0) is 6.54 Å². The molecule has 6 heteroatoms. The van der Waals surface area contributed by atoms with Gasteiger partial charge in [0.1, 0.15) is 11.9 Å². The van der Waals surface area contributed by atoms with Crippen molar-refractivity contribution in [2.45, 2.75) is 46.3 Å². The number of rotatable bonds is 5. The fraction of sp³-hybridized carbons (Fsp3) is 0.500. The highest BCUT2D eigenvalue weighted by Crippen LogP contribution is 2.20. The maximum absolute atomic E-state index is 6.10. The molecule has 1 N–H and O–H groups in total. The van der Waals surface area contributed by atoms with Crippen LogP contribution in [0.2, 0.25) is 0 Å². The van der Waals surface area contributed by atoms with E-state index in [1.165, 1.54) is 4.88 Å². The van der Waals surface area contributed by atoms with Crippen LogP contribution < -0.4 is 10.1 Å². The van der Waals surface area contributed by atoms with Crippen LogP contribution in [0.4, 0.5) is 0 Å². The lowest BCUT2D eigenvalue weighted by atomic mass is 10.1. The zero-order valence-corrected chi connectivity index (χ0v) is 16.7. The molecule has 0 atom stereocenters. The first-order valence-corrected chi connectivity index (χ1v) is 10.1. The number of piperidine rings is 1. The van der Waals surface area contributed by atoms with Crippen molar-refractivity contribution < 1.29 is 4.74 Å². The van der Waals surface area contributed by atoms with Crippen molar-refractivity contribution in [2.75, 3.05) is 19.6 Å². The minimum Gasteiger partial charge on any atom is -0.490 e. The maximum Gasteiger partial charge on any atom is 0.194 e. The van der Waals surface area contributed by atoms with Crippen LogP contribution in [0.15, 0.2) is 35.3 Å². The van der Waals surface area contributed by atoms with Crippen molar-refractivity contribution in [1.29, 1.82) is 0 Å². The Morgan fingerprint density at radius 1 is 1.27 bits per heavy atom.